The van der Waals surface area contributed by atoms with E-state index in [-0.39, 0.29) is 29.7 Å². The van der Waals surface area contributed by atoms with Gasteiger partial charge in [-0.1, -0.05) is 6.07 Å². The molecule has 0 aliphatic carbocycles. The standard InChI is InChI=1S/C17H23FN2O3/c1-3-23-17(22)13-6-5-9-20(11-13)12(2)16(21)19-15-8-4-7-14(18)10-15/h4,7-8,10,12-13H,3,5-6,9,11H2,1-2H3,(H,19,21)/p+1/t12-,13-/m0/s1. The van der Waals surface area contributed by atoms with Crippen LogP contribution in [0.15, 0.2) is 24.3 Å². The van der Waals surface area contributed by atoms with E-state index in [4.69, 9.17) is 4.74 Å². The van der Waals surface area contributed by atoms with Gasteiger partial charge in [-0.05, 0) is 44.9 Å². The monoisotopic (exact) mass is 323 g/mol. The Labute approximate surface area is 135 Å². The number of hydrogen-bond acceptors (Lipinski definition) is 3. The lowest BCUT2D eigenvalue weighted by Gasteiger charge is -2.32. The van der Waals surface area contributed by atoms with Gasteiger partial charge in [0.25, 0.3) is 5.91 Å². The number of rotatable bonds is 5. The Kier molecular flexibility index (Phi) is 6.10. The van der Waals surface area contributed by atoms with Crippen LogP contribution in [0, 0.1) is 11.7 Å². The summed E-state index contributed by atoms with van der Waals surface area (Å²) in [6.45, 7) is 5.43. The lowest BCUT2D eigenvalue weighted by atomic mass is 9.97. The molecule has 126 valence electrons. The van der Waals surface area contributed by atoms with Crippen molar-refractivity contribution < 1.29 is 23.6 Å². The first kappa shape index (κ1) is 17.4. The van der Waals surface area contributed by atoms with Crippen LogP contribution < -0.4 is 10.2 Å². The van der Waals surface area contributed by atoms with Gasteiger partial charge in [-0.3, -0.25) is 9.59 Å². The molecule has 1 aromatic rings. The number of benzene rings is 1. The molecule has 2 rings (SSSR count). The average Bonchev–Trinajstić information content (AvgIpc) is 2.54. The van der Waals surface area contributed by atoms with Crippen molar-refractivity contribution in [3.8, 4) is 0 Å². The van der Waals surface area contributed by atoms with Crippen LogP contribution in [0.3, 0.4) is 0 Å². The zero-order chi connectivity index (χ0) is 16.8. The first-order valence-corrected chi connectivity index (χ1v) is 8.09. The van der Waals surface area contributed by atoms with Gasteiger partial charge in [0.2, 0.25) is 0 Å². The predicted octanol–water partition coefficient (Wildman–Crippen LogP) is 1.01. The van der Waals surface area contributed by atoms with Gasteiger partial charge in [0.15, 0.2) is 6.04 Å². The highest BCUT2D eigenvalue weighted by molar-refractivity contribution is 5.93. The molecule has 1 aliphatic heterocycles. The molecule has 0 aromatic heterocycles. The highest BCUT2D eigenvalue weighted by Crippen LogP contribution is 2.11. The molecule has 3 atom stereocenters. The van der Waals surface area contributed by atoms with E-state index in [1.165, 1.54) is 12.1 Å². The summed E-state index contributed by atoms with van der Waals surface area (Å²) < 4.78 is 18.3. The molecule has 1 saturated heterocycles. The molecule has 1 amide bonds. The third-order valence-electron chi connectivity index (χ3n) is 4.28. The lowest BCUT2D eigenvalue weighted by molar-refractivity contribution is -0.921. The number of anilines is 1. The largest absolute Gasteiger partial charge is 0.466 e. The van der Waals surface area contributed by atoms with E-state index in [9.17, 15) is 14.0 Å². The summed E-state index contributed by atoms with van der Waals surface area (Å²) in [6, 6.07) is 5.52. The number of piperidine rings is 1. The molecule has 0 radical (unpaired) electrons. The summed E-state index contributed by atoms with van der Waals surface area (Å²) in [5.74, 6) is -0.885. The highest BCUT2D eigenvalue weighted by Gasteiger charge is 2.34. The number of carbonyl (C=O) groups excluding carboxylic acids is 2. The van der Waals surface area contributed by atoms with Crippen molar-refractivity contribution in [3.63, 3.8) is 0 Å². The third kappa shape index (κ3) is 4.76. The number of ether oxygens (including phenoxy) is 1. The van der Waals surface area contributed by atoms with E-state index in [1.807, 2.05) is 6.92 Å². The van der Waals surface area contributed by atoms with E-state index >= 15 is 0 Å². The number of quaternary nitrogens is 1. The van der Waals surface area contributed by atoms with Crippen molar-refractivity contribution in [3.05, 3.63) is 30.1 Å². The summed E-state index contributed by atoms with van der Waals surface area (Å²) in [4.78, 5) is 25.3. The van der Waals surface area contributed by atoms with Crippen molar-refractivity contribution in [1.82, 2.24) is 0 Å². The maximum absolute atomic E-state index is 13.2. The fraction of sp³-hybridized carbons (Fsp3) is 0.529. The minimum atomic E-state index is -0.386. The zero-order valence-electron chi connectivity index (χ0n) is 13.6. The van der Waals surface area contributed by atoms with Gasteiger partial charge in [0, 0.05) is 5.69 Å². The van der Waals surface area contributed by atoms with Crippen LogP contribution >= 0.6 is 0 Å². The fourth-order valence-electron chi connectivity index (χ4n) is 2.95. The Morgan fingerprint density at radius 1 is 1.48 bits per heavy atom. The fourth-order valence-corrected chi connectivity index (χ4v) is 2.95. The van der Waals surface area contributed by atoms with Crippen LogP contribution in [-0.2, 0) is 14.3 Å². The van der Waals surface area contributed by atoms with E-state index < -0.39 is 0 Å². The topological polar surface area (TPSA) is 59.8 Å². The van der Waals surface area contributed by atoms with Gasteiger partial charge < -0.3 is 15.0 Å². The van der Waals surface area contributed by atoms with Crippen LogP contribution in [0.25, 0.3) is 0 Å². The van der Waals surface area contributed by atoms with Crippen LogP contribution in [0.2, 0.25) is 0 Å². The summed E-state index contributed by atoms with van der Waals surface area (Å²) in [5.41, 5.74) is 0.445. The molecule has 2 N–H and O–H groups in total. The molecule has 0 saturated carbocycles. The minimum Gasteiger partial charge on any atom is -0.466 e. The highest BCUT2D eigenvalue weighted by atomic mass is 19.1. The smallest absolute Gasteiger partial charge is 0.314 e. The number of likely N-dealkylation sites (tertiary alicyclic amines) is 1. The molecular formula is C17H24FN2O3+. The second-order valence-corrected chi connectivity index (χ2v) is 5.92. The van der Waals surface area contributed by atoms with Gasteiger partial charge in [0.1, 0.15) is 11.7 Å². The Balaban J connectivity index is 1.94. The summed E-state index contributed by atoms with van der Waals surface area (Å²) in [7, 11) is 0. The Hall–Kier alpha value is -1.95. The van der Waals surface area contributed by atoms with Crippen LogP contribution in [0.5, 0.6) is 0 Å². The van der Waals surface area contributed by atoms with E-state index in [0.717, 1.165) is 24.3 Å². The van der Waals surface area contributed by atoms with Crippen molar-refractivity contribution in [2.24, 2.45) is 5.92 Å². The third-order valence-corrected chi connectivity index (χ3v) is 4.28. The molecular weight excluding hydrogens is 299 g/mol. The maximum atomic E-state index is 13.2. The summed E-state index contributed by atoms with van der Waals surface area (Å²) in [5, 5.41) is 2.73. The first-order chi connectivity index (χ1) is 11.0. The first-order valence-electron chi connectivity index (χ1n) is 8.09. The molecule has 1 heterocycles. The van der Waals surface area contributed by atoms with Crippen molar-refractivity contribution in [2.45, 2.75) is 32.7 Å². The van der Waals surface area contributed by atoms with Crippen LogP contribution in [-0.4, -0.2) is 37.6 Å². The van der Waals surface area contributed by atoms with Crippen molar-refractivity contribution in [2.75, 3.05) is 25.0 Å². The number of carbonyl (C=O) groups is 2. The molecule has 0 spiro atoms. The number of esters is 1. The SMILES string of the molecule is CCOC(=O)[C@H]1CCC[NH+]([C@@H](C)C(=O)Nc2cccc(F)c2)C1. The summed E-state index contributed by atoms with van der Waals surface area (Å²) >= 11 is 0. The van der Waals surface area contributed by atoms with Gasteiger partial charge >= 0.3 is 5.97 Å². The molecule has 1 fully saturated rings. The summed E-state index contributed by atoms with van der Waals surface area (Å²) in [6.07, 6.45) is 1.69. The quantitative estimate of drug-likeness (QED) is 0.795. The second kappa shape index (κ2) is 8.06. The normalized spacial score (nSPS) is 22.2. The van der Waals surface area contributed by atoms with Gasteiger partial charge in [-0.15, -0.1) is 0 Å². The number of nitrogens with one attached hydrogen (secondary N) is 2. The lowest BCUT2D eigenvalue weighted by Crippen LogP contribution is -3.18. The Morgan fingerprint density at radius 3 is 2.96 bits per heavy atom. The Bertz CT molecular complexity index is 565. The molecule has 1 aliphatic rings. The molecule has 6 heteroatoms. The van der Waals surface area contributed by atoms with Crippen molar-refractivity contribution in [1.29, 1.82) is 0 Å². The minimum absolute atomic E-state index is 0.150. The van der Waals surface area contributed by atoms with E-state index in [0.29, 0.717) is 18.8 Å². The Morgan fingerprint density at radius 2 is 2.26 bits per heavy atom. The number of halogens is 1. The molecule has 0 bridgehead atoms. The second-order valence-electron chi connectivity index (χ2n) is 5.92. The number of amides is 1. The van der Waals surface area contributed by atoms with E-state index in [1.54, 1.807) is 19.1 Å². The molecule has 1 aromatic carbocycles. The van der Waals surface area contributed by atoms with Crippen molar-refractivity contribution >= 4 is 17.6 Å². The molecule has 23 heavy (non-hydrogen) atoms. The predicted molar refractivity (Wildman–Crippen MR) is 84.5 cm³/mol. The zero-order valence-corrected chi connectivity index (χ0v) is 13.6. The maximum Gasteiger partial charge on any atom is 0.314 e. The van der Waals surface area contributed by atoms with Gasteiger partial charge in [-0.25, -0.2) is 4.39 Å². The van der Waals surface area contributed by atoms with Gasteiger partial charge in [-0.2, -0.15) is 0 Å². The average molecular weight is 323 g/mol. The van der Waals surface area contributed by atoms with Gasteiger partial charge in [0.05, 0.1) is 19.7 Å². The molecule has 5 nitrogen and oxygen atoms in total. The van der Waals surface area contributed by atoms with E-state index in [2.05, 4.69) is 5.32 Å². The molecule has 1 unspecified atom stereocenters. The number of hydrogen-bond donors (Lipinski definition) is 2. The van der Waals surface area contributed by atoms with Crippen LogP contribution in [0.1, 0.15) is 26.7 Å². The van der Waals surface area contributed by atoms with Crippen LogP contribution in [0.4, 0.5) is 10.1 Å².